The minimum atomic E-state index is -0.719. The van der Waals surface area contributed by atoms with E-state index in [4.69, 9.17) is 21.1 Å². The van der Waals surface area contributed by atoms with Crippen LogP contribution in [0.3, 0.4) is 0 Å². The van der Waals surface area contributed by atoms with Crippen molar-refractivity contribution in [3.8, 4) is 11.4 Å². The number of halogens is 2. The maximum Gasteiger partial charge on any atom is 0.410 e. The van der Waals surface area contributed by atoms with Crippen LogP contribution in [0.4, 0.5) is 15.0 Å². The zero-order valence-corrected chi connectivity index (χ0v) is 23.1. The number of anilines is 1. The molecule has 2 aliphatic rings. The number of piperazine rings is 1. The lowest BCUT2D eigenvalue weighted by Crippen LogP contribution is -2.57. The summed E-state index contributed by atoms with van der Waals surface area (Å²) in [7, 11) is 0. The highest BCUT2D eigenvalue weighted by Crippen LogP contribution is 2.42. The van der Waals surface area contributed by atoms with Gasteiger partial charge in [0.05, 0.1) is 33.3 Å². The second kappa shape index (κ2) is 9.41. The topological polar surface area (TPSA) is 89.8 Å². The Bertz CT molecular complexity index is 1500. The third-order valence-electron chi connectivity index (χ3n) is 6.76. The lowest BCUT2D eigenvalue weighted by atomic mass is 10.0. The zero-order valence-electron chi connectivity index (χ0n) is 22.3. The minimum absolute atomic E-state index is 0.0131. The van der Waals surface area contributed by atoms with Crippen LogP contribution in [0.2, 0.25) is 5.02 Å². The molecule has 1 fully saturated rings. The Morgan fingerprint density at radius 1 is 1.29 bits per heavy atom. The predicted octanol–water partition coefficient (Wildman–Crippen LogP) is 4.82. The molecular weight excluding hydrogens is 513 g/mol. The van der Waals surface area contributed by atoms with E-state index >= 15 is 4.39 Å². The molecule has 4 heterocycles. The molecule has 0 bridgehead atoms. The fourth-order valence-corrected chi connectivity index (χ4v) is 5.26. The number of amides is 1. The number of carbonyl (C=O) groups is 1. The second-order valence-corrected chi connectivity index (χ2v) is 11.5. The number of nitrogens with zero attached hydrogens (tertiary/aromatic N) is 5. The molecule has 2 aliphatic heterocycles. The standard InChI is InChI=1S/C27H31ClFN5O4/c1-14(2)21-22(15(3)7-8-30-21)34-18-11-17(28)20(29)23-19(18)24(31-25(34)35)33-10-9-32(12-16(33)13-37-23)26(36)38-27(4,5)6/h7-8,11,14,16H,9-10,12-13H2,1-6H3/t16-/m0/s1. The molecule has 2 aromatic heterocycles. The van der Waals surface area contributed by atoms with Crippen LogP contribution in [0.15, 0.2) is 23.1 Å². The maximum atomic E-state index is 15.4. The summed E-state index contributed by atoms with van der Waals surface area (Å²) < 4.78 is 28.4. The summed E-state index contributed by atoms with van der Waals surface area (Å²) >= 11 is 6.34. The van der Waals surface area contributed by atoms with E-state index in [0.717, 1.165) is 5.56 Å². The van der Waals surface area contributed by atoms with E-state index in [1.165, 1.54) is 10.6 Å². The average Bonchev–Trinajstić information content (AvgIpc) is 2.99. The van der Waals surface area contributed by atoms with Crippen molar-refractivity contribution < 1.29 is 18.7 Å². The Morgan fingerprint density at radius 2 is 2.03 bits per heavy atom. The number of hydrogen-bond donors (Lipinski definition) is 0. The quantitative estimate of drug-likeness (QED) is 0.457. The van der Waals surface area contributed by atoms with E-state index < -0.39 is 23.2 Å². The number of benzene rings is 1. The van der Waals surface area contributed by atoms with Crippen LogP contribution >= 0.6 is 11.6 Å². The van der Waals surface area contributed by atoms with Gasteiger partial charge < -0.3 is 19.3 Å². The van der Waals surface area contributed by atoms with E-state index in [9.17, 15) is 9.59 Å². The Hall–Kier alpha value is -3.40. The number of fused-ring (bicyclic) bond motifs is 2. The van der Waals surface area contributed by atoms with E-state index in [2.05, 4.69) is 9.97 Å². The molecule has 0 saturated carbocycles. The van der Waals surface area contributed by atoms with Crippen molar-refractivity contribution in [2.24, 2.45) is 0 Å². The highest BCUT2D eigenvalue weighted by molar-refractivity contribution is 6.32. The number of aromatic nitrogens is 3. The largest absolute Gasteiger partial charge is 0.487 e. The summed E-state index contributed by atoms with van der Waals surface area (Å²) in [5.74, 6) is -0.456. The number of hydrogen-bond acceptors (Lipinski definition) is 7. The molecule has 0 unspecified atom stereocenters. The first-order valence-corrected chi connectivity index (χ1v) is 13.0. The smallest absolute Gasteiger partial charge is 0.410 e. The summed E-state index contributed by atoms with van der Waals surface area (Å²) in [6.45, 7) is 12.4. The molecule has 1 atom stereocenters. The monoisotopic (exact) mass is 543 g/mol. The Balaban J connectivity index is 1.69. The van der Waals surface area contributed by atoms with Gasteiger partial charge in [-0.3, -0.25) is 9.55 Å². The summed E-state index contributed by atoms with van der Waals surface area (Å²) in [6.07, 6.45) is 1.27. The fourth-order valence-electron chi connectivity index (χ4n) is 5.08. The van der Waals surface area contributed by atoms with Crippen LogP contribution in [-0.4, -0.2) is 63.4 Å². The van der Waals surface area contributed by atoms with Crippen LogP contribution in [0.1, 0.15) is 51.8 Å². The number of aryl methyl sites for hydroxylation is 1. The van der Waals surface area contributed by atoms with Crippen LogP contribution in [0.25, 0.3) is 16.6 Å². The molecule has 38 heavy (non-hydrogen) atoms. The second-order valence-electron chi connectivity index (χ2n) is 11.0. The molecule has 0 radical (unpaired) electrons. The van der Waals surface area contributed by atoms with Crippen molar-refractivity contribution in [2.75, 3.05) is 31.1 Å². The molecule has 3 aromatic rings. The zero-order chi connectivity index (χ0) is 27.5. The van der Waals surface area contributed by atoms with Crippen molar-refractivity contribution >= 4 is 34.4 Å². The SMILES string of the molecule is Cc1ccnc(C(C)C)c1-n1c(=O)nc2c3c(c(F)c(Cl)cc31)OC[C@@H]1CN(C(=O)OC(C)(C)C)CCN21. The predicted molar refractivity (Wildman–Crippen MR) is 143 cm³/mol. The highest BCUT2D eigenvalue weighted by Gasteiger charge is 2.38. The third kappa shape index (κ3) is 4.44. The van der Waals surface area contributed by atoms with Gasteiger partial charge >= 0.3 is 11.8 Å². The first-order valence-electron chi connectivity index (χ1n) is 12.7. The Labute approximate surface area is 225 Å². The lowest BCUT2D eigenvalue weighted by molar-refractivity contribution is 0.0201. The van der Waals surface area contributed by atoms with Gasteiger partial charge in [0.15, 0.2) is 11.6 Å². The van der Waals surface area contributed by atoms with Gasteiger partial charge in [0.2, 0.25) is 0 Å². The molecule has 0 N–H and O–H groups in total. The highest BCUT2D eigenvalue weighted by atomic mass is 35.5. The number of pyridine rings is 1. The molecule has 9 nitrogen and oxygen atoms in total. The average molecular weight is 544 g/mol. The summed E-state index contributed by atoms with van der Waals surface area (Å²) in [4.78, 5) is 39.0. The lowest BCUT2D eigenvalue weighted by Gasteiger charge is -2.41. The Kier molecular flexibility index (Phi) is 6.49. The third-order valence-corrected chi connectivity index (χ3v) is 7.04. The van der Waals surface area contributed by atoms with Crippen molar-refractivity contribution in [2.45, 2.75) is 59.1 Å². The van der Waals surface area contributed by atoms with E-state index in [0.29, 0.717) is 41.2 Å². The summed E-state index contributed by atoms with van der Waals surface area (Å²) in [6, 6.07) is 2.89. The van der Waals surface area contributed by atoms with Crippen LogP contribution < -0.4 is 15.3 Å². The normalized spacial score (nSPS) is 17.3. The van der Waals surface area contributed by atoms with Gasteiger partial charge in [-0.05, 0) is 51.3 Å². The first-order chi connectivity index (χ1) is 17.9. The van der Waals surface area contributed by atoms with Gasteiger partial charge in [-0.25, -0.2) is 14.0 Å². The first kappa shape index (κ1) is 26.2. The summed E-state index contributed by atoms with van der Waals surface area (Å²) in [5, 5.41) is 0.193. The molecule has 5 rings (SSSR count). The molecule has 0 spiro atoms. The van der Waals surface area contributed by atoms with Crippen LogP contribution in [0, 0.1) is 12.7 Å². The molecular formula is C27H31ClFN5O4. The van der Waals surface area contributed by atoms with Crippen molar-refractivity contribution in [3.05, 3.63) is 50.9 Å². The Morgan fingerprint density at radius 3 is 2.71 bits per heavy atom. The van der Waals surface area contributed by atoms with Gasteiger partial charge in [0, 0.05) is 25.8 Å². The molecule has 1 saturated heterocycles. The fraction of sp³-hybridized carbons (Fsp3) is 0.481. The molecule has 1 amide bonds. The van der Waals surface area contributed by atoms with Gasteiger partial charge in [0.1, 0.15) is 18.0 Å². The van der Waals surface area contributed by atoms with Crippen molar-refractivity contribution in [1.82, 2.24) is 19.4 Å². The van der Waals surface area contributed by atoms with Gasteiger partial charge in [-0.15, -0.1) is 0 Å². The number of ether oxygens (including phenoxy) is 2. The van der Waals surface area contributed by atoms with E-state index in [-0.39, 0.29) is 35.9 Å². The molecule has 0 aliphatic carbocycles. The van der Waals surface area contributed by atoms with E-state index in [1.54, 1.807) is 11.1 Å². The molecule has 11 heteroatoms. The molecule has 202 valence electrons. The number of carbonyl (C=O) groups excluding carboxylic acids is 1. The van der Waals surface area contributed by atoms with Gasteiger partial charge in [-0.1, -0.05) is 25.4 Å². The van der Waals surface area contributed by atoms with Gasteiger partial charge in [-0.2, -0.15) is 4.98 Å². The van der Waals surface area contributed by atoms with Crippen LogP contribution in [-0.2, 0) is 4.74 Å². The van der Waals surface area contributed by atoms with E-state index in [1.807, 2.05) is 52.5 Å². The number of rotatable bonds is 2. The van der Waals surface area contributed by atoms with Crippen molar-refractivity contribution in [1.29, 1.82) is 0 Å². The summed E-state index contributed by atoms with van der Waals surface area (Å²) in [5.41, 5.74) is 1.34. The van der Waals surface area contributed by atoms with Crippen molar-refractivity contribution in [3.63, 3.8) is 0 Å². The van der Waals surface area contributed by atoms with Crippen LogP contribution in [0.5, 0.6) is 5.75 Å². The minimum Gasteiger partial charge on any atom is -0.487 e. The van der Waals surface area contributed by atoms with Gasteiger partial charge in [0.25, 0.3) is 0 Å². The maximum absolute atomic E-state index is 15.4. The molecule has 1 aromatic carbocycles.